The van der Waals surface area contributed by atoms with Gasteiger partial charge in [0.1, 0.15) is 5.75 Å². The third kappa shape index (κ3) is 7.10. The molecular formula is C40H41ClN4O7S. The molecule has 276 valence electrons. The van der Waals surface area contributed by atoms with E-state index < -0.39 is 10.0 Å². The summed E-state index contributed by atoms with van der Waals surface area (Å²) in [5.41, 5.74) is 4.56. The number of unbranched alkanes of at least 4 members (excludes halogenated alkanes) is 2. The Labute approximate surface area is 313 Å². The van der Waals surface area contributed by atoms with E-state index in [1.54, 1.807) is 58.5 Å². The summed E-state index contributed by atoms with van der Waals surface area (Å²) in [7, 11) is -0.629. The second kappa shape index (κ2) is 15.2. The van der Waals surface area contributed by atoms with Crippen LogP contribution in [0.25, 0.3) is 16.3 Å². The fourth-order valence-electron chi connectivity index (χ4n) is 7.41. The van der Waals surface area contributed by atoms with Gasteiger partial charge in [-0.1, -0.05) is 42.5 Å². The molecule has 0 fully saturated rings. The zero-order valence-corrected chi connectivity index (χ0v) is 31.1. The zero-order valence-electron chi connectivity index (χ0n) is 29.5. The van der Waals surface area contributed by atoms with Gasteiger partial charge in [-0.05, 0) is 73.0 Å². The van der Waals surface area contributed by atoms with Crippen molar-refractivity contribution in [2.45, 2.75) is 49.0 Å². The maximum atomic E-state index is 13.7. The summed E-state index contributed by atoms with van der Waals surface area (Å²) in [5, 5.41) is 12.4. The van der Waals surface area contributed by atoms with Crippen molar-refractivity contribution in [3.8, 4) is 17.2 Å². The Morgan fingerprint density at radius 2 is 1.81 bits per heavy atom. The quantitative estimate of drug-likeness (QED) is 0.120. The van der Waals surface area contributed by atoms with Crippen LogP contribution in [0, 0.1) is 0 Å². The number of aromatic hydroxyl groups is 1. The number of phenolic OH excluding ortho intramolecular Hbond substituents is 1. The molecule has 3 aliphatic rings. The number of fused-ring (bicyclic) bond motifs is 5. The van der Waals surface area contributed by atoms with Gasteiger partial charge >= 0.3 is 0 Å². The average Bonchev–Trinajstić information content (AvgIpc) is 3.50. The maximum absolute atomic E-state index is 13.7. The van der Waals surface area contributed by atoms with Crippen molar-refractivity contribution in [1.82, 2.24) is 9.62 Å². The number of sulfonamides is 1. The summed E-state index contributed by atoms with van der Waals surface area (Å²) in [5.74, 6) is 1.29. The van der Waals surface area contributed by atoms with Gasteiger partial charge in [0.2, 0.25) is 15.9 Å². The molecule has 0 spiro atoms. The van der Waals surface area contributed by atoms with Gasteiger partial charge in [-0.15, -0.1) is 11.6 Å². The number of aliphatic imine (C=N–C) groups is 1. The Bertz CT molecular complexity index is 2240. The van der Waals surface area contributed by atoms with E-state index in [1.807, 2.05) is 30.3 Å². The van der Waals surface area contributed by atoms with E-state index >= 15 is 0 Å². The molecule has 2 N–H and O–H groups in total. The van der Waals surface area contributed by atoms with E-state index in [2.05, 4.69) is 4.72 Å². The largest absolute Gasteiger partial charge is 0.507 e. The lowest BCUT2D eigenvalue weighted by molar-refractivity contribution is -0.118. The number of anilines is 1. The van der Waals surface area contributed by atoms with Gasteiger partial charge in [-0.2, -0.15) is 0 Å². The van der Waals surface area contributed by atoms with Crippen molar-refractivity contribution >= 4 is 67.4 Å². The molecule has 0 radical (unpaired) electrons. The molecule has 0 unspecified atom stereocenters. The summed E-state index contributed by atoms with van der Waals surface area (Å²) in [6.07, 6.45) is 6.80. The predicted molar refractivity (Wildman–Crippen MR) is 207 cm³/mol. The van der Waals surface area contributed by atoms with Crippen molar-refractivity contribution in [3.63, 3.8) is 0 Å². The number of methoxy groups -OCH3 is 1. The predicted octanol–water partition coefficient (Wildman–Crippen LogP) is 6.78. The van der Waals surface area contributed by atoms with Crippen LogP contribution >= 0.6 is 11.6 Å². The molecule has 0 saturated heterocycles. The Morgan fingerprint density at radius 1 is 1.04 bits per heavy atom. The first-order chi connectivity index (χ1) is 25.6. The van der Waals surface area contributed by atoms with Gasteiger partial charge in [0.15, 0.2) is 11.5 Å². The van der Waals surface area contributed by atoms with Gasteiger partial charge in [-0.3, -0.25) is 14.6 Å². The molecule has 4 aromatic carbocycles. The number of nitrogens with zero attached hydrogens (tertiary/aromatic N) is 3. The molecule has 3 aliphatic heterocycles. The number of carbonyl (C=O) groups is 2. The fourth-order valence-corrected chi connectivity index (χ4v) is 8.39. The van der Waals surface area contributed by atoms with E-state index in [9.17, 15) is 23.1 Å². The van der Waals surface area contributed by atoms with Gasteiger partial charge in [0.25, 0.3) is 5.91 Å². The molecule has 53 heavy (non-hydrogen) atoms. The highest BCUT2D eigenvalue weighted by atomic mass is 35.5. The maximum Gasteiger partial charge on any atom is 0.257 e. The number of alkyl halides is 1. The van der Waals surface area contributed by atoms with Crippen LogP contribution in [-0.4, -0.2) is 82.2 Å². The average molecular weight is 757 g/mol. The highest BCUT2D eigenvalue weighted by Crippen LogP contribution is 2.45. The van der Waals surface area contributed by atoms with Crippen LogP contribution in [0.1, 0.15) is 59.5 Å². The molecule has 2 amide bonds. The SMILES string of the molecule is CNS(=O)(=O)c1ccc(C2=CCN3C(=O)c4cc(OC)c(OCCCCCC(=O)N5C[C@@H](CCl)c6c5cc(O)c5ccccc65)cc4N=C[C@@H]3C2)cc1. The number of phenols is 1. The van der Waals surface area contributed by atoms with Gasteiger partial charge < -0.3 is 24.4 Å². The lowest BCUT2D eigenvalue weighted by atomic mass is 9.94. The minimum Gasteiger partial charge on any atom is -0.507 e. The van der Waals surface area contributed by atoms with E-state index in [0.29, 0.717) is 74.0 Å². The fraction of sp³-hybridized carbons (Fsp3) is 0.325. The summed E-state index contributed by atoms with van der Waals surface area (Å²) < 4.78 is 38.4. The number of hydrogen-bond donors (Lipinski definition) is 2. The van der Waals surface area contributed by atoms with Crippen LogP contribution in [0.4, 0.5) is 11.4 Å². The lowest BCUT2D eigenvalue weighted by Gasteiger charge is -2.32. The summed E-state index contributed by atoms with van der Waals surface area (Å²) in [6.45, 7) is 1.26. The number of rotatable bonds is 12. The molecule has 0 bridgehead atoms. The Balaban J connectivity index is 0.953. The van der Waals surface area contributed by atoms with Gasteiger partial charge in [-0.25, -0.2) is 13.1 Å². The van der Waals surface area contributed by atoms with E-state index in [-0.39, 0.29) is 34.4 Å². The number of ether oxygens (including phenoxy) is 2. The molecule has 2 atom stereocenters. The smallest absolute Gasteiger partial charge is 0.257 e. The van der Waals surface area contributed by atoms with Gasteiger partial charge in [0.05, 0.1) is 41.6 Å². The van der Waals surface area contributed by atoms with Crippen LogP contribution in [0.15, 0.2) is 82.7 Å². The molecule has 13 heteroatoms. The first kappa shape index (κ1) is 36.4. The molecule has 3 heterocycles. The normalized spacial score (nSPS) is 17.9. The Morgan fingerprint density at radius 3 is 2.55 bits per heavy atom. The molecule has 7 rings (SSSR count). The summed E-state index contributed by atoms with van der Waals surface area (Å²) >= 11 is 6.34. The minimum atomic E-state index is -3.54. The third-order valence-corrected chi connectivity index (χ3v) is 12.1. The van der Waals surface area contributed by atoms with Crippen molar-refractivity contribution in [2.75, 3.05) is 44.6 Å². The van der Waals surface area contributed by atoms with Crippen LogP contribution in [0.3, 0.4) is 0 Å². The highest BCUT2D eigenvalue weighted by molar-refractivity contribution is 7.89. The molecule has 11 nitrogen and oxygen atoms in total. The van der Waals surface area contributed by atoms with Crippen molar-refractivity contribution in [3.05, 3.63) is 89.5 Å². The number of nitrogens with one attached hydrogen (secondary N) is 1. The van der Waals surface area contributed by atoms with Crippen LogP contribution < -0.4 is 19.1 Å². The second-order valence-corrected chi connectivity index (χ2v) is 15.6. The topological polar surface area (TPSA) is 138 Å². The highest BCUT2D eigenvalue weighted by Gasteiger charge is 2.35. The van der Waals surface area contributed by atoms with E-state index in [4.69, 9.17) is 26.1 Å². The number of benzene rings is 4. The van der Waals surface area contributed by atoms with Crippen molar-refractivity contribution in [1.29, 1.82) is 0 Å². The second-order valence-electron chi connectivity index (χ2n) is 13.4. The van der Waals surface area contributed by atoms with Crippen LogP contribution in [0.5, 0.6) is 17.2 Å². The summed E-state index contributed by atoms with van der Waals surface area (Å²) in [6, 6.07) is 19.2. The molecule has 0 aromatic heterocycles. The first-order valence-electron chi connectivity index (χ1n) is 17.7. The Hall–Kier alpha value is -4.91. The molecular weight excluding hydrogens is 716 g/mol. The number of carbonyl (C=O) groups excluding carboxylic acids is 2. The van der Waals surface area contributed by atoms with Gasteiger partial charge in [0, 0.05) is 55.0 Å². The van der Waals surface area contributed by atoms with Crippen molar-refractivity contribution < 1.29 is 32.6 Å². The molecule has 0 saturated carbocycles. The summed E-state index contributed by atoms with van der Waals surface area (Å²) in [4.78, 5) is 35.5. The number of amides is 2. The molecule has 0 aliphatic carbocycles. The lowest BCUT2D eigenvalue weighted by Crippen LogP contribution is -2.43. The van der Waals surface area contributed by atoms with Crippen LogP contribution in [0.2, 0.25) is 0 Å². The number of hydrogen-bond acceptors (Lipinski definition) is 8. The minimum absolute atomic E-state index is 0.000859. The molecule has 4 aromatic rings. The first-order valence-corrected chi connectivity index (χ1v) is 19.7. The number of halogens is 1. The monoisotopic (exact) mass is 756 g/mol. The van der Waals surface area contributed by atoms with E-state index in [1.165, 1.54) is 14.2 Å². The standard InChI is InChI=1S/C40H41ClN4O7S/c1-42-53(49,50)29-13-11-25(12-14-29)26-15-16-44-28(18-26)23-43-33-20-37(36(51-2)19-32(33)40(44)48)52-17-7-3-4-10-38(47)45-24-27(22-41)39-31-9-6-5-8-30(31)35(46)21-34(39)45/h5-6,8-9,11-15,19-21,23,27-28,42,46H,3-4,7,10,16-18,22,24H2,1-2H3/t27-,28+/m1/s1. The van der Waals surface area contributed by atoms with Crippen LogP contribution in [-0.2, 0) is 14.8 Å². The Kier molecular flexibility index (Phi) is 10.5. The third-order valence-electron chi connectivity index (χ3n) is 10.3. The zero-order chi connectivity index (χ0) is 37.3. The van der Waals surface area contributed by atoms with Crippen molar-refractivity contribution in [2.24, 2.45) is 4.99 Å². The van der Waals surface area contributed by atoms with E-state index in [0.717, 1.165) is 39.6 Å².